The van der Waals surface area contributed by atoms with Gasteiger partial charge >= 0.3 is 22.7 Å². The van der Waals surface area contributed by atoms with Crippen LogP contribution in [0.4, 0.5) is 13.2 Å². The summed E-state index contributed by atoms with van der Waals surface area (Å²) in [5.41, 5.74) is 4.51. The van der Waals surface area contributed by atoms with Crippen molar-refractivity contribution in [3.8, 4) is 61.4 Å². The highest BCUT2D eigenvalue weighted by Crippen LogP contribution is 2.50. The molecule has 0 aliphatic carbocycles. The number of benzene rings is 16. The smallest absolute Gasteiger partial charge is 0.456 e. The van der Waals surface area contributed by atoms with Crippen LogP contribution in [0.2, 0.25) is 0 Å². The summed E-state index contributed by atoms with van der Waals surface area (Å²) in [6, 6.07) is 76.7. The lowest BCUT2D eigenvalue weighted by Gasteiger charge is -2.32. The summed E-state index contributed by atoms with van der Waals surface area (Å²) < 4.78 is 178. The van der Waals surface area contributed by atoms with Crippen molar-refractivity contribution in [1.82, 2.24) is 0 Å². The molecule has 0 bridgehead atoms. The Labute approximate surface area is 606 Å². The SMILES string of the molecule is CC1(C)OB(c2cccc3oc4ccccc4c23)OC1(C)C.[2H]c1c([2H])c([2H])c(-c2c3ccccc3c(-c3cc(-c4cccc5oc6ccccc6c45)cc4ccccc34)c3ccccc23)c([2H])c1[2H].[2H]c1c([2H])c([2H])c(-c2c3ccccc3c(-c3cc(OS(=O)(=O)C(F)(F)F)cc4ccccc34)c3ccccc23)c([2H])c1[2H]. The van der Waals surface area contributed by atoms with E-state index in [2.05, 4.69) is 105 Å². The molecule has 1 aliphatic heterocycles. The van der Waals surface area contributed by atoms with Crippen molar-refractivity contribution in [2.24, 2.45) is 0 Å². The van der Waals surface area contributed by atoms with Crippen molar-refractivity contribution in [1.29, 1.82) is 0 Å². The van der Waals surface area contributed by atoms with Gasteiger partial charge in [0.05, 0.1) is 24.9 Å². The third-order valence-corrected chi connectivity index (χ3v) is 20.7. The summed E-state index contributed by atoms with van der Waals surface area (Å²) in [5, 5.41) is 13.2. The third kappa shape index (κ3) is 11.3. The molecule has 16 aromatic carbocycles. The molecule has 2 aromatic heterocycles. The average molecular weight is 1380 g/mol. The molecule has 1 saturated heterocycles. The fourth-order valence-electron chi connectivity index (χ4n) is 14.5. The van der Waals surface area contributed by atoms with Crippen LogP contribution in [0.15, 0.2) is 324 Å². The standard InChI is InChI=1S/C42H26O.C31H19F3O3S.C18H19BO3/c1-2-13-27(14-3-1)40-32-17-6-8-19-34(32)41(35-20-9-7-18-33(35)40)37-26-29(25-28-15-4-5-16-30(28)37)31-22-12-24-39-42(31)36-21-10-11-23-38(36)43-39;32-31(33,34)38(35,36)37-22-18-21-12-4-5-13-23(21)28(19-22)30-26-16-8-6-14-24(26)29(20-10-2-1-3-11-20)25-15-7-9-17-27(25)30;1-17(2)18(3,4)22-19(21-17)13-9-7-11-15-16(13)12-8-5-6-10-14(12)20-15/h1-26H;1-19H;5-11H,1-4H3/i1D,2D,3D,13D,14D;1D,2D,3D,10D,11D;. The summed E-state index contributed by atoms with van der Waals surface area (Å²) in [7, 11) is -6.34. The second-order valence-electron chi connectivity index (χ2n) is 26.3. The minimum atomic E-state index is -5.96. The number of furan rings is 2. The molecule has 3 heterocycles. The molecule has 0 amide bonds. The van der Waals surface area contributed by atoms with Crippen LogP contribution < -0.4 is 9.65 Å². The molecule has 12 heteroatoms. The largest absolute Gasteiger partial charge is 0.534 e. The Bertz CT molecular complexity index is 6980. The summed E-state index contributed by atoms with van der Waals surface area (Å²) in [6.45, 7) is 8.28. The fraction of sp³-hybridized carbons (Fsp3) is 0.0769. The van der Waals surface area contributed by atoms with Crippen LogP contribution in [0, 0.1) is 0 Å². The Kier molecular flexibility index (Phi) is 13.3. The second kappa shape index (κ2) is 25.4. The Hall–Kier alpha value is -11.8. The number of hydrogen-bond acceptors (Lipinski definition) is 7. The molecule has 19 rings (SSSR count). The van der Waals surface area contributed by atoms with Crippen LogP contribution >= 0.6 is 0 Å². The van der Waals surface area contributed by atoms with Crippen molar-refractivity contribution in [3.05, 3.63) is 315 Å². The first kappa shape index (κ1) is 54.0. The fourth-order valence-corrected chi connectivity index (χ4v) is 14.9. The Morgan fingerprint density at radius 1 is 0.359 bits per heavy atom. The van der Waals surface area contributed by atoms with Gasteiger partial charge < -0.3 is 22.3 Å². The number of para-hydroxylation sites is 2. The number of halogens is 3. The Morgan fingerprint density at radius 3 is 1.17 bits per heavy atom. The predicted octanol–water partition coefficient (Wildman–Crippen LogP) is 24.6. The van der Waals surface area contributed by atoms with Crippen LogP contribution in [0.5, 0.6) is 5.75 Å². The summed E-state index contributed by atoms with van der Waals surface area (Å²) in [6.07, 6.45) is 0. The zero-order valence-corrected chi connectivity index (χ0v) is 56.5. The van der Waals surface area contributed by atoms with E-state index < -0.39 is 45.5 Å². The maximum atomic E-state index is 13.2. The highest BCUT2D eigenvalue weighted by Gasteiger charge is 2.52. The predicted molar refractivity (Wildman–Crippen MR) is 417 cm³/mol. The van der Waals surface area contributed by atoms with Gasteiger partial charge in [-0.15, -0.1) is 0 Å². The molecule has 1 fully saturated rings. The van der Waals surface area contributed by atoms with Crippen LogP contribution in [-0.2, 0) is 19.4 Å². The lowest BCUT2D eigenvalue weighted by Crippen LogP contribution is -2.41. The van der Waals surface area contributed by atoms with Gasteiger partial charge in [-0.2, -0.15) is 21.6 Å². The molecule has 1 aliphatic rings. The maximum absolute atomic E-state index is 13.2. The van der Waals surface area contributed by atoms with Crippen molar-refractivity contribution >= 4 is 131 Å². The molecule has 7 nitrogen and oxygen atoms in total. The van der Waals surface area contributed by atoms with Gasteiger partial charge in [0.2, 0.25) is 0 Å². The van der Waals surface area contributed by atoms with Crippen molar-refractivity contribution < 1.29 is 57.6 Å². The zero-order chi connectivity index (χ0) is 79.1. The van der Waals surface area contributed by atoms with Crippen LogP contribution in [0.3, 0.4) is 0 Å². The monoisotopic (exact) mass is 1380 g/mol. The van der Waals surface area contributed by atoms with Gasteiger partial charge in [-0.25, -0.2) is 0 Å². The van der Waals surface area contributed by atoms with E-state index in [1.54, 1.807) is 72.8 Å². The molecular formula is C91H64BF3O7S. The van der Waals surface area contributed by atoms with Crippen molar-refractivity contribution in [3.63, 3.8) is 0 Å². The van der Waals surface area contributed by atoms with Crippen molar-refractivity contribution in [2.45, 2.75) is 44.4 Å². The van der Waals surface area contributed by atoms with Gasteiger partial charge in [0, 0.05) is 21.5 Å². The van der Waals surface area contributed by atoms with E-state index in [1.807, 2.05) is 97.1 Å². The van der Waals surface area contributed by atoms with E-state index >= 15 is 0 Å². The first-order valence-corrected chi connectivity index (χ1v) is 34.8. The Morgan fingerprint density at radius 2 is 0.718 bits per heavy atom. The first-order chi connectivity index (χ1) is 54.1. The second-order valence-corrected chi connectivity index (χ2v) is 27.8. The molecule has 0 radical (unpaired) electrons. The van der Waals surface area contributed by atoms with Gasteiger partial charge in [-0.1, -0.05) is 267 Å². The number of rotatable bonds is 8. The molecular weight excluding hydrogens is 1300 g/mol. The van der Waals surface area contributed by atoms with Gasteiger partial charge in [0.1, 0.15) is 28.1 Å². The van der Waals surface area contributed by atoms with E-state index in [4.69, 9.17) is 31.9 Å². The van der Waals surface area contributed by atoms with Crippen molar-refractivity contribution in [2.75, 3.05) is 0 Å². The lowest BCUT2D eigenvalue weighted by atomic mass is 9.76. The van der Waals surface area contributed by atoms with Gasteiger partial charge in [0.15, 0.2) is 0 Å². The quantitative estimate of drug-likeness (QED) is 0.0648. The van der Waals surface area contributed by atoms with E-state index in [-0.39, 0.29) is 65.7 Å². The van der Waals surface area contributed by atoms with E-state index in [0.29, 0.717) is 54.6 Å². The maximum Gasteiger partial charge on any atom is 0.534 e. The Balaban J connectivity index is 0.000000131. The first-order valence-electron chi connectivity index (χ1n) is 38.4. The van der Waals surface area contributed by atoms with E-state index in [0.717, 1.165) is 104 Å². The topological polar surface area (TPSA) is 88.1 Å². The zero-order valence-electron chi connectivity index (χ0n) is 65.7. The molecule has 0 atom stereocenters. The summed E-state index contributed by atoms with van der Waals surface area (Å²) in [5.74, 6) is -0.533. The van der Waals surface area contributed by atoms with Gasteiger partial charge in [0.25, 0.3) is 0 Å². The van der Waals surface area contributed by atoms with Gasteiger partial charge in [-0.05, 0) is 202 Å². The highest BCUT2D eigenvalue weighted by molar-refractivity contribution is 7.88. The van der Waals surface area contributed by atoms with Crippen LogP contribution in [0.1, 0.15) is 41.4 Å². The highest BCUT2D eigenvalue weighted by atomic mass is 32.2. The number of hydrogen-bond donors (Lipinski definition) is 0. The van der Waals surface area contributed by atoms with E-state index in [9.17, 15) is 21.6 Å². The molecule has 0 N–H and O–H groups in total. The van der Waals surface area contributed by atoms with E-state index in [1.165, 1.54) is 12.1 Å². The average Bonchev–Trinajstić information content (AvgIpc) is 1.69. The van der Waals surface area contributed by atoms with Crippen LogP contribution in [-0.4, -0.2) is 32.2 Å². The van der Waals surface area contributed by atoms with Crippen LogP contribution in [0.25, 0.3) is 164 Å². The summed E-state index contributed by atoms with van der Waals surface area (Å²) >= 11 is 0. The minimum Gasteiger partial charge on any atom is -0.456 e. The molecule has 500 valence electrons. The molecule has 18 aromatic rings. The summed E-state index contributed by atoms with van der Waals surface area (Å²) in [4.78, 5) is 0. The molecule has 0 saturated carbocycles. The minimum absolute atomic E-state index is 0.00293. The number of alkyl halides is 3. The molecule has 0 unspecified atom stereocenters. The third-order valence-electron chi connectivity index (χ3n) is 19.7. The normalized spacial score (nSPS) is 15.1. The molecule has 103 heavy (non-hydrogen) atoms. The lowest BCUT2D eigenvalue weighted by molar-refractivity contribution is -0.0500. The molecule has 0 spiro atoms. The van der Waals surface area contributed by atoms with Gasteiger partial charge in [-0.3, -0.25) is 0 Å². The number of fused-ring (bicyclic) bond motifs is 12.